The summed E-state index contributed by atoms with van der Waals surface area (Å²) in [5.74, 6) is 0. The number of likely N-dealkylation sites (N-methyl/N-ethyl adjacent to an activating group) is 1. The third kappa shape index (κ3) is 3.29. The number of carbonyl (C=O) groups excluding carboxylic acids is 1. The van der Waals surface area contributed by atoms with Crippen LogP contribution in [0.1, 0.15) is 45.5 Å². The van der Waals surface area contributed by atoms with Crippen LogP contribution < -0.4 is 5.32 Å². The van der Waals surface area contributed by atoms with Crippen molar-refractivity contribution in [3.05, 3.63) is 44.8 Å². The molecular weight excluding hydrogens is 390 g/mol. The van der Waals surface area contributed by atoms with Crippen LogP contribution >= 0.6 is 11.3 Å². The smallest absolute Gasteiger partial charge is 0.322 e. The normalized spacial score (nSPS) is 19.3. The summed E-state index contributed by atoms with van der Waals surface area (Å²) in [4.78, 5) is 16.1. The summed E-state index contributed by atoms with van der Waals surface area (Å²) in [7, 11) is 0.444. The van der Waals surface area contributed by atoms with E-state index in [9.17, 15) is 9.00 Å². The molecule has 2 heterocycles. The second-order valence-electron chi connectivity index (χ2n) is 8.01. The van der Waals surface area contributed by atoms with Gasteiger partial charge in [-0.05, 0) is 84.0 Å². The van der Waals surface area contributed by atoms with E-state index >= 15 is 0 Å². The molecule has 2 amide bonds. The van der Waals surface area contributed by atoms with E-state index in [1.54, 1.807) is 0 Å². The predicted molar refractivity (Wildman–Crippen MR) is 113 cm³/mol. The summed E-state index contributed by atoms with van der Waals surface area (Å²) in [6.07, 6.45) is 7.43. The second-order valence-corrected chi connectivity index (χ2v) is 10.5. The molecule has 0 radical (unpaired) electrons. The largest absolute Gasteiger partial charge is 0.439 e. The maximum Gasteiger partial charge on any atom is 0.322 e. The number of nitrogens with zero attached hydrogens (tertiary/aromatic N) is 2. The summed E-state index contributed by atoms with van der Waals surface area (Å²) in [6, 6.07) is 3.82. The van der Waals surface area contributed by atoms with Gasteiger partial charge in [0.1, 0.15) is 0 Å². The number of rotatable bonds is 2. The van der Waals surface area contributed by atoms with Gasteiger partial charge >= 0.3 is 6.03 Å². The molecule has 0 saturated heterocycles. The molecule has 1 aliphatic heterocycles. The molecule has 1 aromatic heterocycles. The van der Waals surface area contributed by atoms with E-state index in [4.69, 9.17) is 0 Å². The number of carbonyl (C=O) groups is 1. The van der Waals surface area contributed by atoms with Crippen LogP contribution in [-0.2, 0) is 53.5 Å². The van der Waals surface area contributed by atoms with Crippen molar-refractivity contribution in [1.29, 1.82) is 0 Å². The number of amides is 2. The fourth-order valence-corrected chi connectivity index (χ4v) is 6.97. The minimum absolute atomic E-state index is 0.490. The lowest BCUT2D eigenvalue weighted by Gasteiger charge is -2.21. The number of hydrogen-bond donors (Lipinski definition) is 1. The van der Waals surface area contributed by atoms with Crippen LogP contribution in [0.25, 0.3) is 0 Å². The van der Waals surface area contributed by atoms with Gasteiger partial charge in [0, 0.05) is 23.7 Å². The molecule has 0 unspecified atom stereocenters. The number of thiophene rings is 1. The number of urea groups is 1. The maximum atomic E-state index is 12.7. The Kier molecular flexibility index (Phi) is 4.77. The maximum absolute atomic E-state index is 12.7. The van der Waals surface area contributed by atoms with Crippen LogP contribution in [0.2, 0.25) is 0 Å². The highest BCUT2D eigenvalue weighted by Gasteiger charge is 2.24. The molecule has 7 heteroatoms. The zero-order valence-corrected chi connectivity index (χ0v) is 17.7. The summed E-state index contributed by atoms with van der Waals surface area (Å²) in [5.41, 5.74) is 7.48. The molecule has 28 heavy (non-hydrogen) atoms. The molecule has 1 aromatic carbocycles. The third-order valence-corrected chi connectivity index (χ3v) is 8.52. The van der Waals surface area contributed by atoms with Gasteiger partial charge in [-0.15, -0.1) is 10.6 Å². The van der Waals surface area contributed by atoms with Crippen molar-refractivity contribution in [2.45, 2.75) is 55.7 Å². The number of benzene rings is 1. The fraction of sp³-hybridized carbons (Fsp3) is 0.476. The minimum atomic E-state index is -1.65. The van der Waals surface area contributed by atoms with Crippen molar-refractivity contribution in [1.82, 2.24) is 4.90 Å². The van der Waals surface area contributed by atoms with Gasteiger partial charge in [-0.2, -0.15) is 11.3 Å². The third-order valence-electron chi connectivity index (χ3n) is 6.09. The highest BCUT2D eigenvalue weighted by Crippen LogP contribution is 2.38. The van der Waals surface area contributed by atoms with Gasteiger partial charge in [0.15, 0.2) is 0 Å². The summed E-state index contributed by atoms with van der Waals surface area (Å²) in [5, 5.41) is 3.01. The molecule has 0 fully saturated rings. The monoisotopic (exact) mass is 414 g/mol. The van der Waals surface area contributed by atoms with E-state index < -0.39 is 16.6 Å². The van der Waals surface area contributed by atoms with Gasteiger partial charge in [-0.1, -0.05) is 12.1 Å². The molecule has 5 nitrogen and oxygen atoms in total. The first-order valence-electron chi connectivity index (χ1n) is 10.00. The van der Waals surface area contributed by atoms with Crippen LogP contribution in [0.4, 0.5) is 10.5 Å². The Hall–Kier alpha value is -1.70. The standard InChI is InChI=1S/C21H24N3O2S2/c1-24-9-8-15-11-19(27-18(15)12-24)28(26)23-21(25)22-20-16-6-2-4-13(16)10-14-5-3-7-17(14)20/h10-11H,2-9,12H2,1H3,(H,22,25)/q-1. The molecule has 2 aromatic rings. The van der Waals surface area contributed by atoms with Gasteiger partial charge in [0.05, 0.1) is 0 Å². The first-order valence-corrected chi connectivity index (χ1v) is 11.9. The molecule has 2 aliphatic carbocycles. The highest BCUT2D eigenvalue weighted by molar-refractivity contribution is 7.78. The topological polar surface area (TPSA) is 61.8 Å². The van der Waals surface area contributed by atoms with Crippen LogP contribution in [0.15, 0.2) is 20.7 Å². The van der Waals surface area contributed by atoms with Crippen molar-refractivity contribution < 1.29 is 9.00 Å². The van der Waals surface area contributed by atoms with Crippen LogP contribution in [0.3, 0.4) is 0 Å². The van der Waals surface area contributed by atoms with Crippen molar-refractivity contribution >= 4 is 33.7 Å². The Morgan fingerprint density at radius 1 is 1.07 bits per heavy atom. The Bertz CT molecular complexity index is 1020. The second kappa shape index (κ2) is 7.28. The number of fused-ring (bicyclic) bond motifs is 3. The average Bonchev–Trinajstić information content (AvgIpc) is 3.39. The van der Waals surface area contributed by atoms with Gasteiger partial charge in [0.2, 0.25) is 0 Å². The van der Waals surface area contributed by atoms with Gasteiger partial charge < -0.3 is 18.8 Å². The molecule has 148 valence electrons. The lowest BCUT2D eigenvalue weighted by Crippen LogP contribution is -2.24. The van der Waals surface area contributed by atoms with Crippen molar-refractivity contribution in [2.24, 2.45) is 4.36 Å². The molecular formula is C21H24N3O2S2-. The van der Waals surface area contributed by atoms with E-state index in [1.165, 1.54) is 44.0 Å². The molecule has 3 aliphatic rings. The van der Waals surface area contributed by atoms with E-state index in [1.807, 2.05) is 6.07 Å². The lowest BCUT2D eigenvalue weighted by atomic mass is 9.99. The fourth-order valence-electron chi connectivity index (χ4n) is 4.72. The van der Waals surface area contributed by atoms with E-state index in [-0.39, 0.29) is 0 Å². The van der Waals surface area contributed by atoms with Gasteiger partial charge in [-0.25, -0.2) is 4.79 Å². The Labute approximate surface area is 171 Å². The highest BCUT2D eigenvalue weighted by atomic mass is 32.2. The average molecular weight is 415 g/mol. The number of aryl methyl sites for hydroxylation is 2. The SMILES string of the molecule is CN1CCc2cc([S-](=O)=NC(=O)Nc3c4c(cc5c3CCC5)CCC4)sc2C1. The number of hydrogen-bond acceptors (Lipinski definition) is 5. The molecule has 5 rings (SSSR count). The quantitative estimate of drug-likeness (QED) is 0.739. The van der Waals surface area contributed by atoms with Gasteiger partial charge in [0.25, 0.3) is 0 Å². The first-order chi connectivity index (χ1) is 13.6. The Balaban J connectivity index is 1.41. The van der Waals surface area contributed by atoms with Crippen LogP contribution in [0.5, 0.6) is 0 Å². The summed E-state index contributed by atoms with van der Waals surface area (Å²) in [6.45, 7) is 1.89. The minimum Gasteiger partial charge on any atom is -0.439 e. The Morgan fingerprint density at radius 3 is 2.50 bits per heavy atom. The summed E-state index contributed by atoms with van der Waals surface area (Å²) < 4.78 is 17.3. The molecule has 0 spiro atoms. The Morgan fingerprint density at radius 2 is 1.79 bits per heavy atom. The van der Waals surface area contributed by atoms with E-state index in [0.29, 0.717) is 4.21 Å². The zero-order valence-electron chi connectivity index (χ0n) is 16.0. The predicted octanol–water partition coefficient (Wildman–Crippen LogP) is 4.45. The van der Waals surface area contributed by atoms with E-state index in [0.717, 1.165) is 63.7 Å². The molecule has 0 bridgehead atoms. The zero-order chi connectivity index (χ0) is 19.3. The van der Waals surface area contributed by atoms with E-state index in [2.05, 4.69) is 27.7 Å². The number of nitrogens with one attached hydrogen (secondary N) is 1. The molecule has 0 saturated carbocycles. The van der Waals surface area contributed by atoms with Crippen LogP contribution in [0, 0.1) is 0 Å². The van der Waals surface area contributed by atoms with Crippen LogP contribution in [-0.4, -0.2) is 24.5 Å². The molecule has 0 atom stereocenters. The molecule has 1 N–H and O–H groups in total. The first kappa shape index (κ1) is 18.3. The lowest BCUT2D eigenvalue weighted by molar-refractivity contribution is 0.260. The number of anilines is 1. The van der Waals surface area contributed by atoms with Crippen molar-refractivity contribution in [3.63, 3.8) is 0 Å². The summed E-state index contributed by atoms with van der Waals surface area (Å²) >= 11 is 1.52. The van der Waals surface area contributed by atoms with Crippen molar-refractivity contribution in [3.8, 4) is 0 Å². The van der Waals surface area contributed by atoms with Crippen molar-refractivity contribution in [2.75, 3.05) is 18.9 Å². The van der Waals surface area contributed by atoms with Gasteiger partial charge in [-0.3, -0.25) is 0 Å².